The van der Waals surface area contributed by atoms with Crippen molar-refractivity contribution in [3.63, 3.8) is 0 Å². The van der Waals surface area contributed by atoms with Crippen LogP contribution in [0.2, 0.25) is 0 Å². The van der Waals surface area contributed by atoms with E-state index < -0.39 is 0 Å². The van der Waals surface area contributed by atoms with E-state index in [1.165, 1.54) is 5.56 Å². The van der Waals surface area contributed by atoms with Gasteiger partial charge in [0.25, 0.3) is 0 Å². The third kappa shape index (κ3) is 2.48. The van der Waals surface area contributed by atoms with Crippen molar-refractivity contribution in [3.8, 4) is 5.75 Å². The van der Waals surface area contributed by atoms with Crippen molar-refractivity contribution in [2.45, 2.75) is 39.5 Å². The lowest BCUT2D eigenvalue weighted by Gasteiger charge is -2.08. The topological polar surface area (TPSA) is 20.2 Å². The van der Waals surface area contributed by atoms with Crippen LogP contribution in [0.15, 0.2) is 12.1 Å². The van der Waals surface area contributed by atoms with E-state index in [0.29, 0.717) is 5.75 Å². The van der Waals surface area contributed by atoms with Gasteiger partial charge in [0.1, 0.15) is 5.75 Å². The maximum absolute atomic E-state index is 9.59. The average Bonchev–Trinajstić information content (AvgIpc) is 2.11. The minimum atomic E-state index is 0.341. The second-order valence-electron chi connectivity index (χ2n) is 3.33. The monoisotopic (exact) mass is 177 g/mol. The van der Waals surface area contributed by atoms with Crippen molar-refractivity contribution < 1.29 is 5.11 Å². The Labute approximate surface area is 80.4 Å². The smallest absolute Gasteiger partial charge is 0.126 e. The third-order valence-corrected chi connectivity index (χ3v) is 2.20. The van der Waals surface area contributed by atoms with Crippen LogP contribution < -0.4 is 0 Å². The van der Waals surface area contributed by atoms with Gasteiger partial charge in [-0.25, -0.2) is 0 Å². The van der Waals surface area contributed by atoms with Gasteiger partial charge in [0.2, 0.25) is 0 Å². The van der Waals surface area contributed by atoms with Crippen LogP contribution in [0.25, 0.3) is 0 Å². The zero-order chi connectivity index (χ0) is 9.68. The molecule has 0 spiro atoms. The largest absolute Gasteiger partial charge is 0.507 e. The Morgan fingerprint density at radius 3 is 2.54 bits per heavy atom. The van der Waals surface area contributed by atoms with Crippen LogP contribution in [0.4, 0.5) is 0 Å². The molecule has 13 heavy (non-hydrogen) atoms. The summed E-state index contributed by atoms with van der Waals surface area (Å²) < 4.78 is 0. The predicted octanol–water partition coefficient (Wildman–Crippen LogP) is 3.10. The van der Waals surface area contributed by atoms with Gasteiger partial charge in [0, 0.05) is 6.07 Å². The highest BCUT2D eigenvalue weighted by molar-refractivity contribution is 5.38. The molecule has 1 aromatic carbocycles. The first-order chi connectivity index (χ1) is 6.29. The number of aryl methyl sites for hydroxylation is 1. The molecule has 0 saturated carbocycles. The summed E-state index contributed by atoms with van der Waals surface area (Å²) in [4.78, 5) is 0. The van der Waals surface area contributed by atoms with Crippen molar-refractivity contribution in [1.29, 1.82) is 0 Å². The molecule has 1 aromatic rings. The second-order valence-corrected chi connectivity index (χ2v) is 3.33. The summed E-state index contributed by atoms with van der Waals surface area (Å²) in [6.07, 6.45) is 4.21. The van der Waals surface area contributed by atoms with Gasteiger partial charge < -0.3 is 5.11 Å². The first-order valence-corrected chi connectivity index (χ1v) is 5.01. The summed E-state index contributed by atoms with van der Waals surface area (Å²) in [5.41, 5.74) is 2.37. The molecule has 1 N–H and O–H groups in total. The fraction of sp³-hybridized carbons (Fsp3) is 0.500. The first kappa shape index (κ1) is 10.1. The van der Waals surface area contributed by atoms with Crippen molar-refractivity contribution in [2.24, 2.45) is 0 Å². The van der Waals surface area contributed by atoms with E-state index in [1.54, 1.807) is 6.07 Å². The molecule has 0 fully saturated rings. The summed E-state index contributed by atoms with van der Waals surface area (Å²) in [5, 5.41) is 9.59. The van der Waals surface area contributed by atoms with E-state index >= 15 is 0 Å². The van der Waals surface area contributed by atoms with E-state index in [9.17, 15) is 5.11 Å². The summed E-state index contributed by atoms with van der Waals surface area (Å²) in [6.45, 7) is 4.28. The van der Waals surface area contributed by atoms with Gasteiger partial charge in [-0.3, -0.25) is 0 Å². The number of hydrogen-bond donors (Lipinski definition) is 1. The van der Waals surface area contributed by atoms with Crippen LogP contribution in [0, 0.1) is 6.07 Å². The van der Waals surface area contributed by atoms with Crippen LogP contribution in [0.3, 0.4) is 0 Å². The standard InChI is InChI=1S/C12H17O/c1-3-6-10-8-5-9-12(13)11(10)7-4-2/h5,8,13H,3-4,6-7H2,1-2H3. The van der Waals surface area contributed by atoms with Crippen molar-refractivity contribution in [2.75, 3.05) is 0 Å². The fourth-order valence-electron chi connectivity index (χ4n) is 1.59. The molecular weight excluding hydrogens is 160 g/mol. The molecule has 1 heteroatoms. The van der Waals surface area contributed by atoms with Crippen LogP contribution in [-0.2, 0) is 12.8 Å². The van der Waals surface area contributed by atoms with Crippen LogP contribution in [0.5, 0.6) is 5.75 Å². The molecule has 71 valence electrons. The summed E-state index contributed by atoms with van der Waals surface area (Å²) in [5.74, 6) is 0.341. The van der Waals surface area contributed by atoms with Crippen LogP contribution in [-0.4, -0.2) is 5.11 Å². The Balaban J connectivity index is 2.95. The number of aromatic hydroxyl groups is 1. The lowest BCUT2D eigenvalue weighted by molar-refractivity contribution is 0.465. The highest BCUT2D eigenvalue weighted by Crippen LogP contribution is 2.22. The zero-order valence-corrected chi connectivity index (χ0v) is 8.43. The minimum Gasteiger partial charge on any atom is -0.507 e. The molecule has 1 rings (SSSR count). The molecular formula is C12H17O. The maximum atomic E-state index is 9.59. The van der Waals surface area contributed by atoms with Gasteiger partial charge in [-0.15, -0.1) is 0 Å². The highest BCUT2D eigenvalue weighted by atomic mass is 16.3. The number of benzene rings is 1. The molecule has 1 nitrogen and oxygen atoms in total. The molecule has 0 unspecified atom stereocenters. The molecule has 0 amide bonds. The van der Waals surface area contributed by atoms with E-state index in [4.69, 9.17) is 0 Å². The molecule has 0 atom stereocenters. The Kier molecular flexibility index (Phi) is 3.81. The van der Waals surface area contributed by atoms with E-state index in [0.717, 1.165) is 31.2 Å². The SMILES string of the molecule is CCCc1cc[c]c(O)c1CCC. The average molecular weight is 177 g/mol. The second kappa shape index (κ2) is 4.90. The molecule has 0 aromatic heterocycles. The fourth-order valence-corrected chi connectivity index (χ4v) is 1.59. The van der Waals surface area contributed by atoms with Gasteiger partial charge in [0.05, 0.1) is 0 Å². The van der Waals surface area contributed by atoms with Gasteiger partial charge in [-0.2, -0.15) is 0 Å². The summed E-state index contributed by atoms with van der Waals surface area (Å²) in [7, 11) is 0. The molecule has 0 aliphatic heterocycles. The van der Waals surface area contributed by atoms with Gasteiger partial charge in [-0.1, -0.05) is 38.8 Å². The van der Waals surface area contributed by atoms with Crippen LogP contribution in [0.1, 0.15) is 37.8 Å². The van der Waals surface area contributed by atoms with E-state index in [1.807, 2.05) is 0 Å². The predicted molar refractivity (Wildman–Crippen MR) is 54.9 cm³/mol. The number of phenolic OH excluding ortho intramolecular Hbond substituents is 1. The molecule has 0 saturated heterocycles. The summed E-state index contributed by atoms with van der Waals surface area (Å²) in [6, 6.07) is 6.71. The Bertz CT molecular complexity index is 266. The van der Waals surface area contributed by atoms with Gasteiger partial charge in [-0.05, 0) is 24.0 Å². The van der Waals surface area contributed by atoms with Crippen LogP contribution >= 0.6 is 0 Å². The molecule has 0 heterocycles. The lowest BCUT2D eigenvalue weighted by atomic mass is 9.99. The van der Waals surface area contributed by atoms with Gasteiger partial charge in [0.15, 0.2) is 0 Å². The van der Waals surface area contributed by atoms with E-state index in [-0.39, 0.29) is 0 Å². The highest BCUT2D eigenvalue weighted by Gasteiger charge is 2.05. The normalized spacial score (nSPS) is 10.3. The van der Waals surface area contributed by atoms with Crippen molar-refractivity contribution in [1.82, 2.24) is 0 Å². The number of phenols is 1. The maximum Gasteiger partial charge on any atom is 0.126 e. The molecule has 0 aliphatic carbocycles. The Morgan fingerprint density at radius 1 is 1.23 bits per heavy atom. The Morgan fingerprint density at radius 2 is 1.92 bits per heavy atom. The quantitative estimate of drug-likeness (QED) is 0.749. The Hall–Kier alpha value is -0.980. The third-order valence-electron chi connectivity index (χ3n) is 2.20. The zero-order valence-electron chi connectivity index (χ0n) is 8.43. The van der Waals surface area contributed by atoms with Crippen molar-refractivity contribution in [3.05, 3.63) is 29.3 Å². The lowest BCUT2D eigenvalue weighted by Crippen LogP contribution is -1.94. The molecule has 0 aliphatic rings. The number of hydrogen-bond acceptors (Lipinski definition) is 1. The van der Waals surface area contributed by atoms with E-state index in [2.05, 4.69) is 26.0 Å². The van der Waals surface area contributed by atoms with Gasteiger partial charge >= 0.3 is 0 Å². The minimum absolute atomic E-state index is 0.341. The first-order valence-electron chi connectivity index (χ1n) is 5.01. The molecule has 1 radical (unpaired) electrons. The molecule has 0 bridgehead atoms. The summed E-state index contributed by atoms with van der Waals surface area (Å²) >= 11 is 0. The van der Waals surface area contributed by atoms with Crippen molar-refractivity contribution >= 4 is 0 Å². The number of rotatable bonds is 4.